The summed E-state index contributed by atoms with van der Waals surface area (Å²) in [5.41, 5.74) is 4.19. The van der Waals surface area contributed by atoms with Crippen molar-refractivity contribution in [2.45, 2.75) is 79.1 Å². The Kier molecular flexibility index (Phi) is 22.5. The van der Waals surface area contributed by atoms with Crippen molar-refractivity contribution in [1.82, 2.24) is 0 Å². The first-order chi connectivity index (χ1) is 12.1. The van der Waals surface area contributed by atoms with E-state index in [1.54, 1.807) is 0 Å². The second kappa shape index (κ2) is 17.9. The van der Waals surface area contributed by atoms with Gasteiger partial charge < -0.3 is 35.0 Å². The van der Waals surface area contributed by atoms with Crippen LogP contribution in [0.4, 0.5) is 0 Å². The average Bonchev–Trinajstić information content (AvgIpc) is 2.54. The fourth-order valence-electron chi connectivity index (χ4n) is 3.02. The molecule has 0 aliphatic heterocycles. The van der Waals surface area contributed by atoms with Gasteiger partial charge in [0.2, 0.25) is 0 Å². The van der Waals surface area contributed by atoms with Gasteiger partial charge in [-0.25, -0.2) is 0 Å². The Hall–Kier alpha value is 0.386. The number of hydrogen-bond donors (Lipinski definition) is 2. The van der Waals surface area contributed by atoms with Crippen molar-refractivity contribution in [2.75, 3.05) is 0 Å². The zero-order valence-electron chi connectivity index (χ0n) is 19.4. The maximum Gasteiger partial charge on any atom is 0.122 e. The fourth-order valence-corrected chi connectivity index (χ4v) is 3.02. The third-order valence-corrected chi connectivity index (χ3v) is 4.68. The topological polar surface area (TPSA) is 40.5 Å². The number of hydrogen-bond acceptors (Lipinski definition) is 2. The van der Waals surface area contributed by atoms with E-state index < -0.39 is 0 Å². The summed E-state index contributed by atoms with van der Waals surface area (Å²) in [5.74, 6) is 2.51. The Morgan fingerprint density at radius 1 is 0.467 bits per heavy atom. The molecule has 2 aromatic rings. The molecular weight excluding hydrogens is 574 g/mol. The Labute approximate surface area is 234 Å². The minimum absolute atomic E-state index is 0. The average molecular weight is 610 g/mol. The zero-order chi connectivity index (χ0) is 20.0. The quantitative estimate of drug-likeness (QED) is 0.549. The molecule has 0 heterocycles. The number of phenols is 2. The second-order valence-electron chi connectivity index (χ2n) is 8.19. The van der Waals surface area contributed by atoms with E-state index in [9.17, 15) is 10.2 Å². The predicted molar refractivity (Wildman–Crippen MR) is 113 cm³/mol. The molecule has 0 spiro atoms. The van der Waals surface area contributed by atoms with Gasteiger partial charge in [-0.05, 0) is 45.9 Å². The van der Waals surface area contributed by atoms with E-state index in [0.717, 1.165) is 22.3 Å². The number of benzene rings is 2. The van der Waals surface area contributed by atoms with E-state index in [1.165, 1.54) is 0 Å². The standard InChI is InChI=1S/2C12H18O.2ClH.2Zr/c2*1-8(2)10-6-5-7-11(9(3)4)12(10)13;;;;/h2*5-9,13H,1-4H3;2*1H;;/p-2. The molecule has 6 heteroatoms. The molecule has 30 heavy (non-hydrogen) atoms. The molecule has 0 aliphatic carbocycles. The van der Waals surface area contributed by atoms with E-state index in [2.05, 4.69) is 55.4 Å². The van der Waals surface area contributed by atoms with Gasteiger partial charge in [-0.2, -0.15) is 0 Å². The van der Waals surface area contributed by atoms with Gasteiger partial charge in [-0.3, -0.25) is 0 Å². The summed E-state index contributed by atoms with van der Waals surface area (Å²) in [5, 5.41) is 19.9. The Balaban J connectivity index is -0.000000199. The van der Waals surface area contributed by atoms with Crippen molar-refractivity contribution in [1.29, 1.82) is 0 Å². The predicted octanol–water partition coefficient (Wildman–Crippen LogP) is 1.28. The van der Waals surface area contributed by atoms with Crippen molar-refractivity contribution in [3.05, 3.63) is 58.7 Å². The molecule has 2 nitrogen and oxygen atoms in total. The van der Waals surface area contributed by atoms with Gasteiger partial charge in [0.15, 0.2) is 0 Å². The molecule has 2 N–H and O–H groups in total. The molecule has 0 fully saturated rings. The van der Waals surface area contributed by atoms with Gasteiger partial charge in [-0.15, -0.1) is 0 Å². The number of aromatic hydroxyl groups is 2. The van der Waals surface area contributed by atoms with Gasteiger partial charge >= 0.3 is 0 Å². The van der Waals surface area contributed by atoms with Crippen molar-refractivity contribution in [3.63, 3.8) is 0 Å². The van der Waals surface area contributed by atoms with Gasteiger partial charge in [0.1, 0.15) is 11.5 Å². The van der Waals surface area contributed by atoms with E-state index >= 15 is 0 Å². The van der Waals surface area contributed by atoms with E-state index in [-0.39, 0.29) is 77.2 Å². The number of phenolic OH excluding ortho intramolecular Hbond substituents is 2. The summed E-state index contributed by atoms with van der Waals surface area (Å²) in [7, 11) is 0. The summed E-state index contributed by atoms with van der Waals surface area (Å²) in [6, 6.07) is 12.0. The summed E-state index contributed by atoms with van der Waals surface area (Å²) in [4.78, 5) is 0. The summed E-state index contributed by atoms with van der Waals surface area (Å²) >= 11 is 0. The van der Waals surface area contributed by atoms with Crippen molar-refractivity contribution >= 4 is 0 Å². The van der Waals surface area contributed by atoms with Crippen LogP contribution in [0.2, 0.25) is 0 Å². The summed E-state index contributed by atoms with van der Waals surface area (Å²) < 4.78 is 0. The molecule has 0 saturated heterocycles. The maximum absolute atomic E-state index is 9.93. The number of halogens is 2. The first-order valence-corrected chi connectivity index (χ1v) is 9.71. The van der Waals surface area contributed by atoms with Crippen molar-refractivity contribution < 1.29 is 87.4 Å². The van der Waals surface area contributed by atoms with Gasteiger partial charge in [0.25, 0.3) is 0 Å². The largest absolute Gasteiger partial charge is 1.00 e. The van der Waals surface area contributed by atoms with Crippen molar-refractivity contribution in [3.8, 4) is 11.5 Å². The maximum atomic E-state index is 9.93. The molecule has 0 unspecified atom stereocenters. The first-order valence-electron chi connectivity index (χ1n) is 9.71. The molecule has 2 rings (SSSR count). The Morgan fingerprint density at radius 3 is 0.767 bits per heavy atom. The smallest absolute Gasteiger partial charge is 0.122 e. The molecule has 0 atom stereocenters. The molecule has 168 valence electrons. The number of para-hydroxylation sites is 2. The van der Waals surface area contributed by atoms with Crippen LogP contribution in [-0.2, 0) is 52.4 Å². The molecular formula is C24H36Cl2O2Zr2-2. The van der Waals surface area contributed by atoms with Crippen LogP contribution in [0.5, 0.6) is 11.5 Å². The molecule has 0 radical (unpaired) electrons. The van der Waals surface area contributed by atoms with Crippen LogP contribution in [0, 0.1) is 0 Å². The van der Waals surface area contributed by atoms with Gasteiger partial charge in [0.05, 0.1) is 0 Å². The third kappa shape index (κ3) is 10.8. The molecule has 0 saturated carbocycles. The SMILES string of the molecule is CC(C)c1cccc(C(C)C)c1O.CC(C)c1cccc(C(C)C)c1O.[Cl-].[Cl-].[Zr].[Zr]. The molecule has 0 amide bonds. The fraction of sp³-hybridized carbons (Fsp3) is 0.500. The van der Waals surface area contributed by atoms with E-state index in [1.807, 2.05) is 36.4 Å². The van der Waals surface area contributed by atoms with E-state index in [4.69, 9.17) is 0 Å². The van der Waals surface area contributed by atoms with Crippen LogP contribution < -0.4 is 24.8 Å². The zero-order valence-corrected chi connectivity index (χ0v) is 25.9. The van der Waals surface area contributed by atoms with Crippen molar-refractivity contribution in [2.24, 2.45) is 0 Å². The van der Waals surface area contributed by atoms with Crippen LogP contribution in [0.15, 0.2) is 36.4 Å². The van der Waals surface area contributed by atoms with Crippen LogP contribution in [0.1, 0.15) is 101 Å². The van der Waals surface area contributed by atoms with Crippen LogP contribution in [0.3, 0.4) is 0 Å². The van der Waals surface area contributed by atoms with Gasteiger partial charge in [-0.1, -0.05) is 91.8 Å². The van der Waals surface area contributed by atoms with Gasteiger partial charge in [0, 0.05) is 52.4 Å². The minimum Gasteiger partial charge on any atom is -1.00 e. The Morgan fingerprint density at radius 2 is 0.633 bits per heavy atom. The summed E-state index contributed by atoms with van der Waals surface area (Å²) in [6.45, 7) is 16.8. The molecule has 0 aromatic heterocycles. The number of rotatable bonds is 4. The van der Waals surface area contributed by atoms with Crippen LogP contribution in [-0.4, -0.2) is 10.2 Å². The second-order valence-corrected chi connectivity index (χ2v) is 8.19. The monoisotopic (exact) mass is 606 g/mol. The molecule has 2 aromatic carbocycles. The first kappa shape index (κ1) is 37.7. The van der Waals surface area contributed by atoms with Crippen LogP contribution >= 0.6 is 0 Å². The summed E-state index contributed by atoms with van der Waals surface area (Å²) in [6.07, 6.45) is 0. The third-order valence-electron chi connectivity index (χ3n) is 4.68. The normalized spacial score (nSPS) is 9.73. The van der Waals surface area contributed by atoms with Crippen LogP contribution in [0.25, 0.3) is 0 Å². The Bertz CT molecular complexity index is 604. The molecule has 0 aliphatic rings. The van der Waals surface area contributed by atoms with E-state index in [0.29, 0.717) is 35.2 Å². The minimum atomic E-state index is 0. The molecule has 0 bridgehead atoms.